The number of amides is 1. The highest BCUT2D eigenvalue weighted by atomic mass is 32.2. The van der Waals surface area contributed by atoms with Crippen LogP contribution in [0.15, 0.2) is 27.9 Å². The molecule has 0 aliphatic carbocycles. The van der Waals surface area contributed by atoms with E-state index in [1.54, 1.807) is 17.6 Å². The van der Waals surface area contributed by atoms with E-state index in [1.807, 2.05) is 0 Å². The van der Waals surface area contributed by atoms with Gasteiger partial charge in [0.25, 0.3) is 5.91 Å². The zero-order valence-corrected chi connectivity index (χ0v) is 16.4. The lowest BCUT2D eigenvalue weighted by atomic mass is 10.1. The maximum atomic E-state index is 12.4. The summed E-state index contributed by atoms with van der Waals surface area (Å²) in [7, 11) is -3.37. The number of aromatic nitrogens is 3. The molecule has 1 aliphatic heterocycles. The first kappa shape index (κ1) is 19.3. The molecule has 2 heterocycles. The fourth-order valence-electron chi connectivity index (χ4n) is 3.20. The molecule has 2 aromatic rings. The lowest BCUT2D eigenvalue weighted by Crippen LogP contribution is -2.29. The molecular weight excluding hydrogens is 368 g/mol. The lowest BCUT2D eigenvalue weighted by Gasteiger charge is -2.09. The Bertz CT molecular complexity index is 1020. The average molecular weight is 392 g/mol. The first-order chi connectivity index (χ1) is 12.8. The Morgan fingerprint density at radius 2 is 2.07 bits per heavy atom. The number of rotatable bonds is 6. The van der Waals surface area contributed by atoms with Crippen LogP contribution in [0.4, 0.5) is 0 Å². The van der Waals surface area contributed by atoms with Gasteiger partial charge in [-0.05, 0) is 43.9 Å². The van der Waals surface area contributed by atoms with Gasteiger partial charge in [0, 0.05) is 37.9 Å². The van der Waals surface area contributed by atoms with Crippen LogP contribution in [0.1, 0.15) is 41.0 Å². The predicted octanol–water partition coefficient (Wildman–Crippen LogP) is 0.913. The summed E-state index contributed by atoms with van der Waals surface area (Å²) in [5, 5.41) is 7.15. The molecule has 0 saturated heterocycles. The fraction of sp³-hybridized carbons (Fsp3) is 0.500. The van der Waals surface area contributed by atoms with Crippen molar-refractivity contribution in [3.05, 3.63) is 45.6 Å². The zero-order valence-electron chi connectivity index (χ0n) is 15.6. The van der Waals surface area contributed by atoms with Crippen molar-refractivity contribution in [3.63, 3.8) is 0 Å². The molecule has 0 bridgehead atoms. The van der Waals surface area contributed by atoms with Crippen LogP contribution in [0.2, 0.25) is 0 Å². The van der Waals surface area contributed by atoms with Crippen LogP contribution in [0, 0.1) is 6.92 Å². The van der Waals surface area contributed by atoms with Gasteiger partial charge in [-0.15, -0.1) is 0 Å². The van der Waals surface area contributed by atoms with E-state index >= 15 is 0 Å². The van der Waals surface area contributed by atoms with Gasteiger partial charge in [-0.3, -0.25) is 9.36 Å². The molecule has 8 nitrogen and oxygen atoms in total. The molecule has 0 saturated carbocycles. The maximum absolute atomic E-state index is 12.4. The number of fused-ring (bicyclic) bond motifs is 1. The number of hydrogen-bond acceptors (Lipinski definition) is 5. The van der Waals surface area contributed by atoms with Crippen molar-refractivity contribution in [1.82, 2.24) is 19.7 Å². The Hall–Kier alpha value is -2.42. The van der Waals surface area contributed by atoms with Crippen molar-refractivity contribution < 1.29 is 13.2 Å². The summed E-state index contributed by atoms with van der Waals surface area (Å²) in [5.41, 5.74) is 0.957. The van der Waals surface area contributed by atoms with Gasteiger partial charge in [-0.2, -0.15) is 5.10 Å². The highest BCUT2D eigenvalue weighted by Crippen LogP contribution is 2.15. The van der Waals surface area contributed by atoms with E-state index in [0.29, 0.717) is 30.6 Å². The summed E-state index contributed by atoms with van der Waals surface area (Å²) in [6.07, 6.45) is 4.56. The van der Waals surface area contributed by atoms with E-state index in [1.165, 1.54) is 16.8 Å². The largest absolute Gasteiger partial charge is 0.352 e. The summed E-state index contributed by atoms with van der Waals surface area (Å²) in [6, 6.07) is 4.52. The summed E-state index contributed by atoms with van der Waals surface area (Å²) in [5.74, 6) is 0.512. The minimum absolute atomic E-state index is 0.0901. The van der Waals surface area contributed by atoms with Crippen molar-refractivity contribution >= 4 is 15.7 Å². The standard InChI is InChI=1S/C18H24N4O4S/c1-13-7-8-14(27(2,25)26)12-15(13)17(23)19-9-5-11-22-18(24)21-10-4-3-6-16(21)20-22/h7-8,12H,3-6,9-11H2,1-2H3,(H,19,23). The Morgan fingerprint density at radius 3 is 2.78 bits per heavy atom. The lowest BCUT2D eigenvalue weighted by molar-refractivity contribution is 0.0951. The normalized spacial score (nSPS) is 14.0. The molecule has 0 unspecified atom stereocenters. The number of hydrogen-bond donors (Lipinski definition) is 1. The highest BCUT2D eigenvalue weighted by molar-refractivity contribution is 7.90. The van der Waals surface area contributed by atoms with Crippen molar-refractivity contribution in [2.45, 2.75) is 50.6 Å². The number of carbonyl (C=O) groups is 1. The Labute approximate surface area is 158 Å². The SMILES string of the molecule is Cc1ccc(S(C)(=O)=O)cc1C(=O)NCCCn1nc2n(c1=O)CCCC2. The second kappa shape index (κ2) is 7.67. The minimum atomic E-state index is -3.37. The Kier molecular flexibility index (Phi) is 5.50. The summed E-state index contributed by atoms with van der Waals surface area (Å²) in [4.78, 5) is 24.8. The number of sulfone groups is 1. The molecule has 9 heteroatoms. The third kappa shape index (κ3) is 4.29. The van der Waals surface area contributed by atoms with Crippen molar-refractivity contribution in [2.24, 2.45) is 0 Å². The van der Waals surface area contributed by atoms with Crippen LogP contribution in [0.3, 0.4) is 0 Å². The molecule has 146 valence electrons. The Balaban J connectivity index is 1.59. The molecule has 1 aromatic carbocycles. The Morgan fingerprint density at radius 1 is 1.30 bits per heavy atom. The first-order valence-electron chi connectivity index (χ1n) is 9.03. The van der Waals surface area contributed by atoms with Crippen molar-refractivity contribution in [1.29, 1.82) is 0 Å². The van der Waals surface area contributed by atoms with Crippen LogP contribution in [-0.2, 0) is 29.3 Å². The monoisotopic (exact) mass is 392 g/mol. The van der Waals surface area contributed by atoms with E-state index in [0.717, 1.165) is 37.9 Å². The summed E-state index contributed by atoms with van der Waals surface area (Å²) < 4.78 is 26.5. The van der Waals surface area contributed by atoms with Crippen LogP contribution in [0.25, 0.3) is 0 Å². The van der Waals surface area contributed by atoms with E-state index in [9.17, 15) is 18.0 Å². The van der Waals surface area contributed by atoms with Crippen LogP contribution >= 0.6 is 0 Å². The highest BCUT2D eigenvalue weighted by Gasteiger charge is 2.17. The quantitative estimate of drug-likeness (QED) is 0.736. The molecule has 1 amide bonds. The van der Waals surface area contributed by atoms with Crippen molar-refractivity contribution in [3.8, 4) is 0 Å². The molecule has 1 aromatic heterocycles. The van der Waals surface area contributed by atoms with Crippen LogP contribution in [-0.4, -0.2) is 41.5 Å². The van der Waals surface area contributed by atoms with Crippen LogP contribution < -0.4 is 11.0 Å². The number of aryl methyl sites for hydroxylation is 3. The van der Waals surface area contributed by atoms with Gasteiger partial charge >= 0.3 is 5.69 Å². The van der Waals surface area contributed by atoms with Gasteiger partial charge < -0.3 is 5.32 Å². The van der Waals surface area contributed by atoms with Gasteiger partial charge in [0.15, 0.2) is 9.84 Å². The molecule has 0 radical (unpaired) electrons. The molecule has 0 spiro atoms. The molecule has 3 rings (SSSR count). The topological polar surface area (TPSA) is 103 Å². The number of benzene rings is 1. The van der Waals surface area contributed by atoms with Gasteiger partial charge in [0.1, 0.15) is 5.82 Å². The van der Waals surface area contributed by atoms with E-state index in [2.05, 4.69) is 10.4 Å². The number of carbonyl (C=O) groups excluding carboxylic acids is 1. The van der Waals surface area contributed by atoms with Crippen LogP contribution in [0.5, 0.6) is 0 Å². The molecule has 1 aliphatic rings. The third-order valence-electron chi connectivity index (χ3n) is 4.75. The summed E-state index contributed by atoms with van der Waals surface area (Å²) in [6.45, 7) is 3.29. The minimum Gasteiger partial charge on any atom is -0.352 e. The summed E-state index contributed by atoms with van der Waals surface area (Å²) >= 11 is 0. The molecule has 1 N–H and O–H groups in total. The first-order valence-corrected chi connectivity index (χ1v) is 10.9. The van der Waals surface area contributed by atoms with E-state index in [4.69, 9.17) is 0 Å². The van der Waals surface area contributed by atoms with Gasteiger partial charge in [-0.25, -0.2) is 17.9 Å². The molecule has 27 heavy (non-hydrogen) atoms. The van der Waals surface area contributed by atoms with E-state index in [-0.39, 0.29) is 16.5 Å². The van der Waals surface area contributed by atoms with Gasteiger partial charge in [-0.1, -0.05) is 6.07 Å². The van der Waals surface area contributed by atoms with Gasteiger partial charge in [0.2, 0.25) is 0 Å². The second-order valence-corrected chi connectivity index (χ2v) is 8.90. The second-order valence-electron chi connectivity index (χ2n) is 6.89. The van der Waals surface area contributed by atoms with Gasteiger partial charge in [0.05, 0.1) is 4.90 Å². The number of nitrogens with one attached hydrogen (secondary N) is 1. The molecular formula is C18H24N4O4S. The van der Waals surface area contributed by atoms with E-state index < -0.39 is 9.84 Å². The molecule has 0 atom stereocenters. The number of nitrogens with zero attached hydrogens (tertiary/aromatic N) is 3. The zero-order chi connectivity index (χ0) is 19.6. The van der Waals surface area contributed by atoms with Crippen molar-refractivity contribution in [2.75, 3.05) is 12.8 Å². The molecule has 0 fully saturated rings. The maximum Gasteiger partial charge on any atom is 0.345 e. The average Bonchev–Trinajstić information content (AvgIpc) is 2.94. The third-order valence-corrected chi connectivity index (χ3v) is 5.86. The predicted molar refractivity (Wildman–Crippen MR) is 101 cm³/mol. The fourth-order valence-corrected chi connectivity index (χ4v) is 3.84. The smallest absolute Gasteiger partial charge is 0.345 e.